The maximum absolute atomic E-state index is 14.0. The summed E-state index contributed by atoms with van der Waals surface area (Å²) in [5.41, 5.74) is 2.76. The van der Waals surface area contributed by atoms with Crippen molar-refractivity contribution in [2.24, 2.45) is 5.92 Å². The van der Waals surface area contributed by atoms with Crippen LogP contribution in [-0.4, -0.2) is 50.8 Å². The van der Waals surface area contributed by atoms with Crippen LogP contribution in [0.5, 0.6) is 0 Å². The van der Waals surface area contributed by atoms with E-state index in [9.17, 15) is 18.0 Å². The van der Waals surface area contributed by atoms with Crippen LogP contribution in [0, 0.1) is 19.8 Å². The van der Waals surface area contributed by atoms with Gasteiger partial charge in [-0.2, -0.15) is 0 Å². The minimum Gasteiger partial charge on any atom is -0.354 e. The van der Waals surface area contributed by atoms with Gasteiger partial charge in [0.2, 0.25) is 11.8 Å². The van der Waals surface area contributed by atoms with Gasteiger partial charge in [-0.3, -0.25) is 13.9 Å². The Labute approximate surface area is 243 Å². The number of carbonyl (C=O) groups is 2. The minimum atomic E-state index is -4.15. The SMILES string of the molecule is Cc1ccc(S(=O)(=O)N(CC(=O)N(CCc2ccccc2)[C@@H](C)C(=O)NCC(C)C)c2cccc(Cl)c2C)cc1. The number of aryl methyl sites for hydroxylation is 1. The lowest BCUT2D eigenvalue weighted by Gasteiger charge is -2.32. The molecular weight excluding hydrogens is 546 g/mol. The molecule has 2 amide bonds. The quantitative estimate of drug-likeness (QED) is 0.310. The molecule has 0 bridgehead atoms. The highest BCUT2D eigenvalue weighted by atomic mass is 35.5. The molecule has 0 saturated heterocycles. The number of hydrogen-bond donors (Lipinski definition) is 1. The van der Waals surface area contributed by atoms with Gasteiger partial charge in [-0.05, 0) is 68.5 Å². The predicted molar refractivity (Wildman–Crippen MR) is 161 cm³/mol. The van der Waals surface area contributed by atoms with Crippen LogP contribution in [0.4, 0.5) is 5.69 Å². The lowest BCUT2D eigenvalue weighted by atomic mass is 10.1. The maximum atomic E-state index is 14.0. The minimum absolute atomic E-state index is 0.0591. The Morgan fingerprint density at radius 3 is 2.17 bits per heavy atom. The van der Waals surface area contributed by atoms with Gasteiger partial charge in [-0.25, -0.2) is 8.42 Å². The lowest BCUT2D eigenvalue weighted by Crippen LogP contribution is -2.52. The zero-order valence-electron chi connectivity index (χ0n) is 23.7. The van der Waals surface area contributed by atoms with Crippen molar-refractivity contribution < 1.29 is 18.0 Å². The molecule has 7 nitrogen and oxygen atoms in total. The van der Waals surface area contributed by atoms with Gasteiger partial charge < -0.3 is 10.2 Å². The molecule has 0 saturated carbocycles. The Bertz CT molecular complexity index is 1410. The van der Waals surface area contributed by atoms with Crippen LogP contribution in [-0.2, 0) is 26.0 Å². The van der Waals surface area contributed by atoms with Gasteiger partial charge in [0.05, 0.1) is 10.6 Å². The van der Waals surface area contributed by atoms with E-state index in [1.54, 1.807) is 44.2 Å². The second-order valence-corrected chi connectivity index (χ2v) is 12.6. The van der Waals surface area contributed by atoms with Crippen molar-refractivity contribution in [1.29, 1.82) is 0 Å². The summed E-state index contributed by atoms with van der Waals surface area (Å²) in [5.74, 6) is -0.536. The monoisotopic (exact) mass is 583 g/mol. The topological polar surface area (TPSA) is 86.8 Å². The van der Waals surface area contributed by atoms with Gasteiger partial charge in [-0.1, -0.05) is 79.5 Å². The number of hydrogen-bond acceptors (Lipinski definition) is 4. The summed E-state index contributed by atoms with van der Waals surface area (Å²) >= 11 is 6.37. The van der Waals surface area contributed by atoms with E-state index < -0.39 is 28.5 Å². The number of sulfonamides is 1. The molecule has 214 valence electrons. The van der Waals surface area contributed by atoms with E-state index in [2.05, 4.69) is 5.32 Å². The fourth-order valence-corrected chi connectivity index (χ4v) is 5.88. The van der Waals surface area contributed by atoms with Crippen LogP contribution >= 0.6 is 11.6 Å². The molecule has 0 unspecified atom stereocenters. The first-order valence-electron chi connectivity index (χ1n) is 13.4. The van der Waals surface area contributed by atoms with Gasteiger partial charge >= 0.3 is 0 Å². The van der Waals surface area contributed by atoms with E-state index in [0.717, 1.165) is 15.4 Å². The molecule has 1 atom stereocenters. The average Bonchev–Trinajstić information content (AvgIpc) is 2.92. The van der Waals surface area contributed by atoms with Gasteiger partial charge in [0.15, 0.2) is 0 Å². The molecule has 0 aromatic heterocycles. The number of nitrogens with one attached hydrogen (secondary N) is 1. The first-order chi connectivity index (χ1) is 18.9. The molecule has 9 heteroatoms. The van der Waals surface area contributed by atoms with Gasteiger partial charge in [0.25, 0.3) is 10.0 Å². The molecule has 3 aromatic rings. The summed E-state index contributed by atoms with van der Waals surface area (Å²) < 4.78 is 29.0. The van der Waals surface area contributed by atoms with E-state index in [-0.39, 0.29) is 23.3 Å². The zero-order valence-corrected chi connectivity index (χ0v) is 25.3. The summed E-state index contributed by atoms with van der Waals surface area (Å²) in [6, 6.07) is 20.3. The second kappa shape index (κ2) is 13.8. The Kier molecular flexibility index (Phi) is 10.8. The average molecular weight is 584 g/mol. The maximum Gasteiger partial charge on any atom is 0.264 e. The van der Waals surface area contributed by atoms with Crippen LogP contribution in [0.15, 0.2) is 77.7 Å². The highest BCUT2D eigenvalue weighted by Crippen LogP contribution is 2.31. The van der Waals surface area contributed by atoms with Crippen LogP contribution < -0.4 is 9.62 Å². The molecule has 0 spiro atoms. The number of rotatable bonds is 12. The van der Waals surface area contributed by atoms with Crippen molar-refractivity contribution in [3.8, 4) is 0 Å². The van der Waals surface area contributed by atoms with E-state index >= 15 is 0 Å². The number of benzene rings is 3. The standard InChI is InChI=1S/C31H38ClN3O4S/c1-22(2)20-33-31(37)25(5)34(19-18-26-10-7-6-8-11-26)30(36)21-35(29-13-9-12-28(32)24(29)4)40(38,39)27-16-14-23(3)15-17-27/h6-17,22,25H,18-21H2,1-5H3,(H,33,37)/t25-/m0/s1. The normalized spacial score (nSPS) is 12.2. The highest BCUT2D eigenvalue weighted by Gasteiger charge is 2.33. The van der Waals surface area contributed by atoms with E-state index in [0.29, 0.717) is 29.2 Å². The smallest absolute Gasteiger partial charge is 0.264 e. The third-order valence-corrected chi connectivity index (χ3v) is 8.92. The van der Waals surface area contributed by atoms with Crippen molar-refractivity contribution in [1.82, 2.24) is 10.2 Å². The fourth-order valence-electron chi connectivity index (χ4n) is 4.24. The van der Waals surface area contributed by atoms with E-state index in [1.165, 1.54) is 17.0 Å². The zero-order chi connectivity index (χ0) is 29.4. The van der Waals surface area contributed by atoms with Gasteiger partial charge in [0.1, 0.15) is 12.6 Å². The summed E-state index contributed by atoms with van der Waals surface area (Å²) in [7, 11) is -4.15. The molecule has 1 N–H and O–H groups in total. The summed E-state index contributed by atoms with van der Waals surface area (Å²) in [5, 5.41) is 3.28. The Morgan fingerprint density at radius 1 is 0.900 bits per heavy atom. The van der Waals surface area contributed by atoms with Crippen molar-refractivity contribution >= 4 is 39.1 Å². The number of nitrogens with zero attached hydrogens (tertiary/aromatic N) is 2. The van der Waals surface area contributed by atoms with Crippen LogP contribution in [0.25, 0.3) is 0 Å². The predicted octanol–water partition coefficient (Wildman–Crippen LogP) is 5.38. The van der Waals surface area contributed by atoms with Crippen LogP contribution in [0.3, 0.4) is 0 Å². The second-order valence-electron chi connectivity index (χ2n) is 10.3. The Morgan fingerprint density at radius 2 is 1.55 bits per heavy atom. The Hall–Kier alpha value is -3.36. The highest BCUT2D eigenvalue weighted by molar-refractivity contribution is 7.92. The molecule has 40 heavy (non-hydrogen) atoms. The molecule has 3 rings (SSSR count). The van der Waals surface area contributed by atoms with Crippen molar-refractivity contribution in [2.45, 2.75) is 52.0 Å². The van der Waals surface area contributed by atoms with Crippen molar-refractivity contribution in [3.63, 3.8) is 0 Å². The lowest BCUT2D eigenvalue weighted by molar-refractivity contribution is -0.138. The number of anilines is 1. The van der Waals surface area contributed by atoms with Crippen molar-refractivity contribution in [3.05, 3.63) is 94.5 Å². The molecule has 0 aliphatic rings. The number of halogens is 1. The number of carbonyl (C=O) groups excluding carboxylic acids is 2. The third kappa shape index (κ3) is 7.86. The van der Waals surface area contributed by atoms with E-state index in [4.69, 9.17) is 11.6 Å². The molecule has 0 radical (unpaired) electrons. The van der Waals surface area contributed by atoms with Crippen molar-refractivity contribution in [2.75, 3.05) is 23.9 Å². The summed E-state index contributed by atoms with van der Waals surface area (Å²) in [6.07, 6.45) is 0.509. The fraction of sp³-hybridized carbons (Fsp3) is 0.355. The molecular formula is C31H38ClN3O4S. The summed E-state index contributed by atoms with van der Waals surface area (Å²) in [6.45, 7) is 9.46. The third-order valence-electron chi connectivity index (χ3n) is 6.73. The molecule has 0 fully saturated rings. The first kappa shape index (κ1) is 31.2. The number of amides is 2. The largest absolute Gasteiger partial charge is 0.354 e. The molecule has 3 aromatic carbocycles. The van der Waals surface area contributed by atoms with E-state index in [1.807, 2.05) is 51.1 Å². The molecule has 0 aliphatic carbocycles. The van der Waals surface area contributed by atoms with Gasteiger partial charge in [-0.15, -0.1) is 0 Å². The van der Waals surface area contributed by atoms with Gasteiger partial charge in [0, 0.05) is 18.1 Å². The van der Waals surface area contributed by atoms with Crippen LogP contribution in [0.1, 0.15) is 37.5 Å². The van der Waals surface area contributed by atoms with Crippen LogP contribution in [0.2, 0.25) is 5.02 Å². The summed E-state index contributed by atoms with van der Waals surface area (Å²) in [4.78, 5) is 28.5. The molecule has 0 heterocycles. The Balaban J connectivity index is 2.00. The molecule has 0 aliphatic heterocycles. The first-order valence-corrected chi connectivity index (χ1v) is 15.2.